The van der Waals surface area contributed by atoms with Crippen LogP contribution >= 0.6 is 15.9 Å². The average molecular weight is 353 g/mol. The van der Waals surface area contributed by atoms with E-state index < -0.39 is 0 Å². The quantitative estimate of drug-likeness (QED) is 0.816. The summed E-state index contributed by atoms with van der Waals surface area (Å²) in [5, 5.41) is 3.47. The molecule has 1 heterocycles. The van der Waals surface area contributed by atoms with Gasteiger partial charge in [0.25, 0.3) is 0 Å². The summed E-state index contributed by atoms with van der Waals surface area (Å²) >= 11 is 3.61. The Morgan fingerprint density at radius 1 is 1.29 bits per heavy atom. The molecule has 1 fully saturated rings. The highest BCUT2D eigenvalue weighted by Gasteiger charge is 2.20. The van der Waals surface area contributed by atoms with Gasteiger partial charge in [-0.3, -0.25) is 0 Å². The number of anilines is 1. The third kappa shape index (κ3) is 4.72. The van der Waals surface area contributed by atoms with Crippen molar-refractivity contribution in [3.05, 3.63) is 28.2 Å². The number of halogens is 1. The Hall–Kier alpha value is -0.540. The van der Waals surface area contributed by atoms with E-state index in [1.807, 2.05) is 0 Å². The van der Waals surface area contributed by atoms with Crippen LogP contribution in [0.2, 0.25) is 0 Å². The number of rotatable bonds is 5. The number of nitrogens with one attached hydrogen (secondary N) is 1. The summed E-state index contributed by atoms with van der Waals surface area (Å²) in [5.74, 6) is 1.71. The van der Waals surface area contributed by atoms with E-state index in [-0.39, 0.29) is 0 Å². The second kappa shape index (κ2) is 8.19. The first kappa shape index (κ1) is 16.8. The fraction of sp³-hybridized carbons (Fsp3) is 0.667. The molecule has 1 aromatic rings. The number of nitrogens with zero attached hydrogens (tertiary/aromatic N) is 1. The average Bonchev–Trinajstić information content (AvgIpc) is 2.71. The van der Waals surface area contributed by atoms with Crippen molar-refractivity contribution >= 4 is 21.6 Å². The molecule has 2 nitrogen and oxygen atoms in total. The lowest BCUT2D eigenvalue weighted by molar-refractivity contribution is 0.351. The standard InChI is InChI=1S/C18H29BrN2/c1-4-20-13-16-12-17(19)7-8-18(16)21-10-5-6-15(9-11-21)14(2)3/h7-8,12,14-15,20H,4-6,9-11,13H2,1-3H3. The minimum atomic E-state index is 0.816. The molecule has 1 N–H and O–H groups in total. The molecule has 1 saturated heterocycles. The lowest BCUT2D eigenvalue weighted by atomic mass is 9.89. The fourth-order valence-corrected chi connectivity index (χ4v) is 3.70. The second-order valence-corrected chi connectivity index (χ2v) is 7.39. The van der Waals surface area contributed by atoms with Crippen LogP contribution in [0.25, 0.3) is 0 Å². The zero-order valence-corrected chi connectivity index (χ0v) is 15.2. The second-order valence-electron chi connectivity index (χ2n) is 6.48. The van der Waals surface area contributed by atoms with Gasteiger partial charge in [-0.25, -0.2) is 0 Å². The Morgan fingerprint density at radius 2 is 2.10 bits per heavy atom. The lowest BCUT2D eigenvalue weighted by Gasteiger charge is -2.26. The van der Waals surface area contributed by atoms with E-state index in [9.17, 15) is 0 Å². The van der Waals surface area contributed by atoms with Crippen molar-refractivity contribution < 1.29 is 0 Å². The molecule has 0 amide bonds. The van der Waals surface area contributed by atoms with Crippen LogP contribution in [0.4, 0.5) is 5.69 Å². The molecule has 1 aromatic carbocycles. The minimum absolute atomic E-state index is 0.816. The molecule has 1 atom stereocenters. The van der Waals surface area contributed by atoms with Gasteiger partial charge in [-0.2, -0.15) is 0 Å². The fourth-order valence-electron chi connectivity index (χ4n) is 3.29. The predicted molar refractivity (Wildman–Crippen MR) is 95.9 cm³/mol. The summed E-state index contributed by atoms with van der Waals surface area (Å²) < 4.78 is 1.18. The molecule has 0 radical (unpaired) electrons. The maximum absolute atomic E-state index is 3.61. The molecule has 2 rings (SSSR count). The van der Waals surface area contributed by atoms with Gasteiger partial charge in [0.15, 0.2) is 0 Å². The highest BCUT2D eigenvalue weighted by atomic mass is 79.9. The third-order valence-electron chi connectivity index (χ3n) is 4.66. The molecule has 0 aromatic heterocycles. The maximum Gasteiger partial charge on any atom is 0.0412 e. The zero-order chi connectivity index (χ0) is 15.2. The summed E-state index contributed by atoms with van der Waals surface area (Å²) in [5.41, 5.74) is 2.83. The molecule has 0 bridgehead atoms. The van der Waals surface area contributed by atoms with Gasteiger partial charge >= 0.3 is 0 Å². The van der Waals surface area contributed by atoms with E-state index in [0.29, 0.717) is 0 Å². The topological polar surface area (TPSA) is 15.3 Å². The molecule has 0 saturated carbocycles. The van der Waals surface area contributed by atoms with Crippen molar-refractivity contribution in [2.75, 3.05) is 24.5 Å². The molecule has 1 aliphatic heterocycles. The van der Waals surface area contributed by atoms with Gasteiger partial charge in [0.2, 0.25) is 0 Å². The smallest absolute Gasteiger partial charge is 0.0412 e. The van der Waals surface area contributed by atoms with E-state index in [0.717, 1.165) is 24.9 Å². The maximum atomic E-state index is 3.61. The first-order chi connectivity index (χ1) is 10.1. The highest BCUT2D eigenvalue weighted by molar-refractivity contribution is 9.10. The third-order valence-corrected chi connectivity index (χ3v) is 5.16. The van der Waals surface area contributed by atoms with Crippen LogP contribution in [0.1, 0.15) is 45.6 Å². The molecule has 21 heavy (non-hydrogen) atoms. The Labute approximate surface area is 138 Å². The van der Waals surface area contributed by atoms with E-state index in [4.69, 9.17) is 0 Å². The van der Waals surface area contributed by atoms with Crippen LogP contribution in [0.5, 0.6) is 0 Å². The van der Waals surface area contributed by atoms with Crippen LogP contribution in [0.15, 0.2) is 22.7 Å². The number of hydrogen-bond donors (Lipinski definition) is 1. The van der Waals surface area contributed by atoms with Gasteiger partial charge in [-0.15, -0.1) is 0 Å². The van der Waals surface area contributed by atoms with Gasteiger partial charge in [-0.05, 0) is 61.4 Å². The van der Waals surface area contributed by atoms with Crippen molar-refractivity contribution in [3.8, 4) is 0 Å². The van der Waals surface area contributed by atoms with Gasteiger partial charge in [0, 0.05) is 29.8 Å². The monoisotopic (exact) mass is 352 g/mol. The molecule has 3 heteroatoms. The first-order valence-electron chi connectivity index (χ1n) is 8.36. The Bertz CT molecular complexity index is 445. The Morgan fingerprint density at radius 3 is 2.81 bits per heavy atom. The zero-order valence-electron chi connectivity index (χ0n) is 13.7. The molecule has 1 aliphatic rings. The molecular formula is C18H29BrN2. The van der Waals surface area contributed by atoms with Crippen molar-refractivity contribution in [1.29, 1.82) is 0 Å². The highest BCUT2D eigenvalue weighted by Crippen LogP contribution is 2.30. The van der Waals surface area contributed by atoms with Gasteiger partial charge in [0.1, 0.15) is 0 Å². The van der Waals surface area contributed by atoms with Crippen LogP contribution in [0, 0.1) is 11.8 Å². The lowest BCUT2D eigenvalue weighted by Crippen LogP contribution is -2.26. The molecule has 118 valence electrons. The van der Waals surface area contributed by atoms with Crippen LogP contribution < -0.4 is 10.2 Å². The van der Waals surface area contributed by atoms with E-state index in [1.54, 1.807) is 0 Å². The van der Waals surface area contributed by atoms with Crippen LogP contribution in [-0.2, 0) is 6.54 Å². The van der Waals surface area contributed by atoms with Crippen LogP contribution in [0.3, 0.4) is 0 Å². The van der Waals surface area contributed by atoms with Crippen molar-refractivity contribution in [2.45, 2.75) is 46.6 Å². The normalized spacial score (nSPS) is 19.9. The van der Waals surface area contributed by atoms with Crippen LogP contribution in [-0.4, -0.2) is 19.6 Å². The minimum Gasteiger partial charge on any atom is -0.371 e. The first-order valence-corrected chi connectivity index (χ1v) is 9.15. The number of benzene rings is 1. The molecular weight excluding hydrogens is 324 g/mol. The summed E-state index contributed by atoms with van der Waals surface area (Å²) in [6, 6.07) is 6.73. The Kier molecular flexibility index (Phi) is 6.56. The summed E-state index contributed by atoms with van der Waals surface area (Å²) in [4.78, 5) is 2.60. The molecule has 1 unspecified atom stereocenters. The number of hydrogen-bond acceptors (Lipinski definition) is 2. The SMILES string of the molecule is CCNCc1cc(Br)ccc1N1CCCC(C(C)C)CC1. The van der Waals surface area contributed by atoms with Gasteiger partial charge < -0.3 is 10.2 Å². The van der Waals surface area contributed by atoms with Crippen molar-refractivity contribution in [2.24, 2.45) is 11.8 Å². The van der Waals surface area contributed by atoms with Crippen molar-refractivity contribution in [3.63, 3.8) is 0 Å². The molecule has 0 aliphatic carbocycles. The van der Waals surface area contributed by atoms with E-state index >= 15 is 0 Å². The summed E-state index contributed by atoms with van der Waals surface area (Å²) in [6.07, 6.45) is 4.03. The summed E-state index contributed by atoms with van der Waals surface area (Å²) in [7, 11) is 0. The van der Waals surface area contributed by atoms with E-state index in [1.165, 1.54) is 48.1 Å². The van der Waals surface area contributed by atoms with Gasteiger partial charge in [-0.1, -0.05) is 36.7 Å². The Balaban J connectivity index is 2.13. The largest absolute Gasteiger partial charge is 0.371 e. The van der Waals surface area contributed by atoms with Gasteiger partial charge in [0.05, 0.1) is 0 Å². The van der Waals surface area contributed by atoms with Crippen molar-refractivity contribution in [1.82, 2.24) is 5.32 Å². The predicted octanol–water partition coefficient (Wildman–Crippen LogP) is 4.82. The summed E-state index contributed by atoms with van der Waals surface area (Å²) in [6.45, 7) is 11.3. The molecule has 0 spiro atoms. The van der Waals surface area contributed by atoms with E-state index in [2.05, 4.69) is 65.1 Å².